The summed E-state index contributed by atoms with van der Waals surface area (Å²) in [5, 5.41) is 0. The molecule has 0 bridgehead atoms. The van der Waals surface area contributed by atoms with Crippen LogP contribution in [0.3, 0.4) is 0 Å². The van der Waals surface area contributed by atoms with Crippen LogP contribution in [0, 0.1) is 37.1 Å². The van der Waals surface area contributed by atoms with Gasteiger partial charge >= 0.3 is 154 Å². The predicted molar refractivity (Wildman–Crippen MR) is 32.1 cm³/mol. The Hall–Kier alpha value is 4.91. The van der Waals surface area contributed by atoms with E-state index in [4.69, 9.17) is 0 Å². The normalized spacial score (nSPS) is 0. The van der Waals surface area contributed by atoms with E-state index in [2.05, 4.69) is 0 Å². The molecular formula is C5H15K3-2. The Morgan fingerprint density at radius 1 is 0.250 bits per heavy atom. The Labute approximate surface area is 185 Å². The van der Waals surface area contributed by atoms with Gasteiger partial charge in [0.1, 0.15) is 0 Å². The molecule has 0 aliphatic heterocycles. The Morgan fingerprint density at radius 3 is 0.250 bits per heavy atom. The molecule has 0 amide bonds. The topological polar surface area (TPSA) is 0 Å². The third kappa shape index (κ3) is 44.4. The minimum Gasteiger partial charge on any atom is -0.358 e. The Balaban J connectivity index is 0. The SMILES string of the molecule is [CH3-].[CH3-].[CH3-].[CH3-].[CH3-].[K+].[K+].[K+]. The molecular weight excluding hydrogens is 177 g/mol. The van der Waals surface area contributed by atoms with Crippen LogP contribution < -0.4 is 154 Å². The molecule has 0 aromatic carbocycles. The molecule has 0 rings (SSSR count). The molecule has 40 valence electrons. The van der Waals surface area contributed by atoms with E-state index < -0.39 is 0 Å². The molecule has 0 aromatic rings. The van der Waals surface area contributed by atoms with Crippen LogP contribution in [0.4, 0.5) is 0 Å². The summed E-state index contributed by atoms with van der Waals surface area (Å²) >= 11 is 0. The maximum atomic E-state index is 0. The van der Waals surface area contributed by atoms with Gasteiger partial charge < -0.3 is 37.1 Å². The predicted octanol–water partition coefficient (Wildman–Crippen LogP) is -6.74. The van der Waals surface area contributed by atoms with Crippen LogP contribution in [0.25, 0.3) is 0 Å². The fraction of sp³-hybridized carbons (Fsp3) is 0. The Bertz CT molecular complexity index is 7.64. The van der Waals surface area contributed by atoms with Crippen molar-refractivity contribution in [1.82, 2.24) is 0 Å². The van der Waals surface area contributed by atoms with Crippen LogP contribution in [0.1, 0.15) is 0 Å². The zero-order valence-electron chi connectivity index (χ0n) is 8.00. The first kappa shape index (κ1) is 76.0. The summed E-state index contributed by atoms with van der Waals surface area (Å²) in [5.74, 6) is 0. The molecule has 0 radical (unpaired) electrons. The second-order valence-corrected chi connectivity index (χ2v) is 0. The number of hydrogen-bond acceptors (Lipinski definition) is 0. The van der Waals surface area contributed by atoms with E-state index in [1.807, 2.05) is 0 Å². The van der Waals surface area contributed by atoms with Crippen molar-refractivity contribution in [3.05, 3.63) is 37.1 Å². The van der Waals surface area contributed by atoms with Gasteiger partial charge in [-0.05, 0) is 0 Å². The molecule has 0 fully saturated rings. The van der Waals surface area contributed by atoms with Gasteiger partial charge in [0.15, 0.2) is 0 Å². The molecule has 0 saturated carbocycles. The Kier molecular flexibility index (Phi) is 558. The molecule has 0 saturated heterocycles. The van der Waals surface area contributed by atoms with Crippen LogP contribution in [0.5, 0.6) is 0 Å². The molecule has 8 heavy (non-hydrogen) atoms. The van der Waals surface area contributed by atoms with Crippen molar-refractivity contribution in [2.75, 3.05) is 0 Å². The van der Waals surface area contributed by atoms with Crippen molar-refractivity contribution in [2.45, 2.75) is 0 Å². The van der Waals surface area contributed by atoms with Crippen molar-refractivity contribution in [3.8, 4) is 0 Å². The van der Waals surface area contributed by atoms with E-state index in [0.29, 0.717) is 0 Å². The zero-order chi connectivity index (χ0) is 0. The second-order valence-electron chi connectivity index (χ2n) is 0. The monoisotopic (exact) mass is 192 g/mol. The largest absolute Gasteiger partial charge is 1.00 e. The molecule has 0 aromatic heterocycles. The first-order valence-electron chi connectivity index (χ1n) is 0. The molecule has 0 aliphatic rings. The van der Waals surface area contributed by atoms with Crippen LogP contribution in [0.2, 0.25) is 0 Å². The molecule has 0 aliphatic carbocycles. The van der Waals surface area contributed by atoms with Gasteiger partial charge in [0.25, 0.3) is 0 Å². The average Bonchev–Trinajstić information content (AvgIpc) is 0. The molecule has 0 unspecified atom stereocenters. The van der Waals surface area contributed by atoms with Crippen molar-refractivity contribution >= 4 is 0 Å². The van der Waals surface area contributed by atoms with Gasteiger partial charge in [0.05, 0.1) is 0 Å². The van der Waals surface area contributed by atoms with E-state index in [9.17, 15) is 0 Å². The van der Waals surface area contributed by atoms with Crippen LogP contribution >= 0.6 is 0 Å². The first-order chi connectivity index (χ1) is 0. The van der Waals surface area contributed by atoms with Crippen molar-refractivity contribution in [2.24, 2.45) is 0 Å². The summed E-state index contributed by atoms with van der Waals surface area (Å²) in [5.41, 5.74) is 0. The van der Waals surface area contributed by atoms with Crippen LogP contribution in [-0.2, 0) is 0 Å². The first-order valence-corrected chi connectivity index (χ1v) is 0. The van der Waals surface area contributed by atoms with Gasteiger partial charge in [0, 0.05) is 0 Å². The minimum absolute atomic E-state index is 0. The van der Waals surface area contributed by atoms with E-state index in [0.717, 1.165) is 0 Å². The van der Waals surface area contributed by atoms with Crippen molar-refractivity contribution in [1.29, 1.82) is 0 Å². The van der Waals surface area contributed by atoms with E-state index in [1.165, 1.54) is 0 Å². The molecule has 0 N–H and O–H groups in total. The van der Waals surface area contributed by atoms with Crippen LogP contribution in [0.15, 0.2) is 0 Å². The maximum absolute atomic E-state index is 0. The summed E-state index contributed by atoms with van der Waals surface area (Å²) in [7, 11) is 0. The smallest absolute Gasteiger partial charge is 0.358 e. The van der Waals surface area contributed by atoms with Gasteiger partial charge in [-0.3, -0.25) is 0 Å². The van der Waals surface area contributed by atoms with Gasteiger partial charge in [-0.15, -0.1) is 0 Å². The fourth-order valence-corrected chi connectivity index (χ4v) is 0. The number of rotatable bonds is 0. The molecule has 0 atom stereocenters. The zero-order valence-corrected chi connectivity index (χ0v) is 17.4. The summed E-state index contributed by atoms with van der Waals surface area (Å²) in [6, 6.07) is 0. The van der Waals surface area contributed by atoms with Gasteiger partial charge in [0.2, 0.25) is 0 Å². The third-order valence-electron chi connectivity index (χ3n) is 0. The third-order valence-corrected chi connectivity index (χ3v) is 0. The fourth-order valence-electron chi connectivity index (χ4n) is 0. The minimum atomic E-state index is 0. The van der Waals surface area contributed by atoms with Crippen LogP contribution in [-0.4, -0.2) is 0 Å². The summed E-state index contributed by atoms with van der Waals surface area (Å²) in [4.78, 5) is 0. The summed E-state index contributed by atoms with van der Waals surface area (Å²) in [6.45, 7) is 0. The standard InChI is InChI=1S/5CH3.3K/h5*1H3;;;/q5*-1;3*+1. The second kappa shape index (κ2) is 58.8. The molecule has 0 spiro atoms. The van der Waals surface area contributed by atoms with E-state index in [1.54, 1.807) is 0 Å². The van der Waals surface area contributed by atoms with E-state index in [-0.39, 0.29) is 191 Å². The van der Waals surface area contributed by atoms with Gasteiger partial charge in [-0.25, -0.2) is 0 Å². The molecule has 3 heteroatoms. The maximum Gasteiger partial charge on any atom is 1.00 e. The quantitative estimate of drug-likeness (QED) is 0.264. The summed E-state index contributed by atoms with van der Waals surface area (Å²) < 4.78 is 0. The van der Waals surface area contributed by atoms with Crippen molar-refractivity contribution < 1.29 is 154 Å². The molecule has 0 heterocycles. The van der Waals surface area contributed by atoms with E-state index >= 15 is 0 Å². The summed E-state index contributed by atoms with van der Waals surface area (Å²) in [6.07, 6.45) is 0. The average molecular weight is 192 g/mol. The van der Waals surface area contributed by atoms with Gasteiger partial charge in [-0.1, -0.05) is 0 Å². The number of hydrogen-bond donors (Lipinski definition) is 0. The Morgan fingerprint density at radius 2 is 0.250 bits per heavy atom. The molecule has 0 nitrogen and oxygen atoms in total. The van der Waals surface area contributed by atoms with Crippen molar-refractivity contribution in [3.63, 3.8) is 0 Å². The van der Waals surface area contributed by atoms with Gasteiger partial charge in [-0.2, -0.15) is 0 Å².